The molecule has 0 fully saturated rings. The fraction of sp³-hybridized carbons (Fsp3) is 0.227. The van der Waals surface area contributed by atoms with Crippen LogP contribution in [0.25, 0.3) is 11.0 Å². The monoisotopic (exact) mass is 469 g/mol. The summed E-state index contributed by atoms with van der Waals surface area (Å²) in [4.78, 5) is 19.0. The normalized spacial score (nSPS) is 12.6. The maximum Gasteiger partial charge on any atom is 0.252 e. The van der Waals surface area contributed by atoms with Crippen LogP contribution in [-0.4, -0.2) is 35.3 Å². The van der Waals surface area contributed by atoms with Gasteiger partial charge in [-0.1, -0.05) is 24.3 Å². The van der Waals surface area contributed by atoms with E-state index in [1.807, 2.05) is 31.4 Å². The standard InChI is InChI=1S/C22H23N5O3S2/c1-14-11-18(19-12-23-27(21(19)24-14)13-16-7-6-10-31-16)22(28)25-15(2)17-8-4-5-9-20(17)26-32(3,29)30/h4-12,15,26H,13H2,1-3H3,(H,25,28). The first-order chi connectivity index (χ1) is 15.2. The Balaban J connectivity index is 1.63. The van der Waals surface area contributed by atoms with Gasteiger partial charge in [0.25, 0.3) is 5.91 Å². The van der Waals surface area contributed by atoms with E-state index in [1.54, 1.807) is 52.5 Å². The smallest absolute Gasteiger partial charge is 0.252 e. The molecule has 166 valence electrons. The van der Waals surface area contributed by atoms with Crippen molar-refractivity contribution in [1.82, 2.24) is 20.1 Å². The summed E-state index contributed by atoms with van der Waals surface area (Å²) in [6, 6.07) is 12.3. The summed E-state index contributed by atoms with van der Waals surface area (Å²) in [5.41, 5.74) is 2.94. The number of carbonyl (C=O) groups is 1. The van der Waals surface area contributed by atoms with Gasteiger partial charge >= 0.3 is 0 Å². The van der Waals surface area contributed by atoms with Crippen molar-refractivity contribution in [3.05, 3.63) is 75.7 Å². The average molecular weight is 470 g/mol. The number of hydrogen-bond acceptors (Lipinski definition) is 6. The number of aryl methyl sites for hydroxylation is 1. The number of thiophene rings is 1. The van der Waals surface area contributed by atoms with Gasteiger partial charge in [-0.2, -0.15) is 5.10 Å². The lowest BCUT2D eigenvalue weighted by Crippen LogP contribution is -2.28. The topological polar surface area (TPSA) is 106 Å². The number of carbonyl (C=O) groups excluding carboxylic acids is 1. The molecule has 1 unspecified atom stereocenters. The number of amides is 1. The van der Waals surface area contributed by atoms with Crippen LogP contribution in [0.3, 0.4) is 0 Å². The van der Waals surface area contributed by atoms with E-state index in [1.165, 1.54) is 0 Å². The molecule has 10 heteroatoms. The van der Waals surface area contributed by atoms with Gasteiger partial charge in [0.05, 0.1) is 41.7 Å². The van der Waals surface area contributed by atoms with E-state index >= 15 is 0 Å². The molecule has 3 aromatic heterocycles. The van der Waals surface area contributed by atoms with E-state index in [2.05, 4.69) is 20.1 Å². The lowest BCUT2D eigenvalue weighted by atomic mass is 10.1. The zero-order valence-corrected chi connectivity index (χ0v) is 19.5. The third kappa shape index (κ3) is 4.81. The van der Waals surface area contributed by atoms with Gasteiger partial charge in [0.2, 0.25) is 10.0 Å². The molecule has 1 aromatic carbocycles. The third-order valence-electron chi connectivity index (χ3n) is 4.94. The van der Waals surface area contributed by atoms with E-state index in [0.29, 0.717) is 40.1 Å². The molecule has 32 heavy (non-hydrogen) atoms. The lowest BCUT2D eigenvalue weighted by Gasteiger charge is -2.19. The first kappa shape index (κ1) is 22.0. The molecule has 0 aliphatic heterocycles. The molecule has 0 radical (unpaired) electrons. The highest BCUT2D eigenvalue weighted by molar-refractivity contribution is 7.92. The number of aromatic nitrogens is 3. The largest absolute Gasteiger partial charge is 0.345 e. The van der Waals surface area contributed by atoms with Gasteiger partial charge in [0.1, 0.15) is 0 Å². The Kier molecular flexibility index (Phi) is 5.98. The van der Waals surface area contributed by atoms with Crippen LogP contribution in [0.2, 0.25) is 0 Å². The zero-order valence-electron chi connectivity index (χ0n) is 17.9. The fourth-order valence-corrected chi connectivity index (χ4v) is 4.82. The molecule has 0 bridgehead atoms. The average Bonchev–Trinajstić information content (AvgIpc) is 3.37. The first-order valence-electron chi connectivity index (χ1n) is 9.94. The molecule has 0 saturated heterocycles. The maximum atomic E-state index is 13.2. The fourth-order valence-electron chi connectivity index (χ4n) is 3.55. The van der Waals surface area contributed by atoms with Crippen LogP contribution < -0.4 is 10.0 Å². The predicted octanol–water partition coefficient (Wildman–Crippen LogP) is 3.71. The summed E-state index contributed by atoms with van der Waals surface area (Å²) in [7, 11) is -3.45. The highest BCUT2D eigenvalue weighted by atomic mass is 32.2. The van der Waals surface area contributed by atoms with Gasteiger partial charge in [-0.3, -0.25) is 9.52 Å². The Bertz CT molecular complexity index is 1380. The molecule has 2 N–H and O–H groups in total. The molecule has 3 heterocycles. The summed E-state index contributed by atoms with van der Waals surface area (Å²) in [5.74, 6) is -0.280. The molecule has 0 spiro atoms. The minimum atomic E-state index is -3.45. The molecular formula is C22H23N5O3S2. The van der Waals surface area contributed by atoms with Crippen molar-refractivity contribution in [3.8, 4) is 0 Å². The SMILES string of the molecule is Cc1cc(C(=O)NC(C)c2ccccc2NS(C)(=O)=O)c2cnn(Cc3cccs3)c2n1. The number of hydrogen-bond donors (Lipinski definition) is 2. The number of nitrogens with zero attached hydrogens (tertiary/aromatic N) is 3. The summed E-state index contributed by atoms with van der Waals surface area (Å²) < 4.78 is 27.7. The minimum Gasteiger partial charge on any atom is -0.345 e. The van der Waals surface area contributed by atoms with Crippen LogP contribution in [0.15, 0.2) is 54.0 Å². The number of anilines is 1. The van der Waals surface area contributed by atoms with E-state index in [-0.39, 0.29) is 5.91 Å². The molecule has 0 aliphatic rings. The van der Waals surface area contributed by atoms with E-state index in [9.17, 15) is 13.2 Å². The van der Waals surface area contributed by atoms with Crippen LogP contribution in [-0.2, 0) is 16.6 Å². The number of rotatable bonds is 7. The Morgan fingerprint density at radius 2 is 2.00 bits per heavy atom. The van der Waals surface area contributed by atoms with Crippen LogP contribution in [0, 0.1) is 6.92 Å². The molecule has 0 aliphatic carbocycles. The summed E-state index contributed by atoms with van der Waals surface area (Å²) in [6.45, 7) is 4.24. The molecule has 0 saturated carbocycles. The van der Waals surface area contributed by atoms with Crippen molar-refractivity contribution in [1.29, 1.82) is 0 Å². The van der Waals surface area contributed by atoms with Crippen molar-refractivity contribution < 1.29 is 13.2 Å². The van der Waals surface area contributed by atoms with E-state index < -0.39 is 16.1 Å². The third-order valence-corrected chi connectivity index (χ3v) is 6.39. The second-order valence-corrected chi connectivity index (χ2v) is 10.4. The van der Waals surface area contributed by atoms with Crippen molar-refractivity contribution in [2.45, 2.75) is 26.4 Å². The molecular weight excluding hydrogens is 446 g/mol. The van der Waals surface area contributed by atoms with Gasteiger partial charge in [-0.15, -0.1) is 11.3 Å². The van der Waals surface area contributed by atoms with E-state index in [4.69, 9.17) is 0 Å². The molecule has 4 aromatic rings. The first-order valence-corrected chi connectivity index (χ1v) is 12.7. The number of nitrogens with one attached hydrogen (secondary N) is 2. The quantitative estimate of drug-likeness (QED) is 0.429. The van der Waals surface area contributed by atoms with Crippen molar-refractivity contribution in [3.63, 3.8) is 0 Å². The molecule has 4 rings (SSSR count). The van der Waals surface area contributed by atoms with Crippen molar-refractivity contribution in [2.75, 3.05) is 11.0 Å². The van der Waals surface area contributed by atoms with E-state index in [0.717, 1.165) is 11.1 Å². The second kappa shape index (κ2) is 8.71. The van der Waals surface area contributed by atoms with Crippen LogP contribution in [0.4, 0.5) is 5.69 Å². The molecule has 1 atom stereocenters. The van der Waals surface area contributed by atoms with Crippen LogP contribution in [0.5, 0.6) is 0 Å². The number of fused-ring (bicyclic) bond motifs is 1. The minimum absolute atomic E-state index is 0.280. The Hall–Kier alpha value is -3.24. The molecule has 8 nitrogen and oxygen atoms in total. The highest BCUT2D eigenvalue weighted by Gasteiger charge is 2.20. The van der Waals surface area contributed by atoms with Gasteiger partial charge in [0.15, 0.2) is 5.65 Å². The maximum absolute atomic E-state index is 13.2. The van der Waals surface area contributed by atoms with Crippen molar-refractivity contribution >= 4 is 44.0 Å². The van der Waals surface area contributed by atoms with Crippen molar-refractivity contribution in [2.24, 2.45) is 0 Å². The zero-order chi connectivity index (χ0) is 22.9. The number of benzene rings is 1. The lowest BCUT2D eigenvalue weighted by molar-refractivity contribution is 0.0941. The van der Waals surface area contributed by atoms with Gasteiger partial charge in [-0.05, 0) is 43.0 Å². The summed E-state index contributed by atoms with van der Waals surface area (Å²) in [6.07, 6.45) is 2.76. The second-order valence-electron chi connectivity index (χ2n) is 7.59. The van der Waals surface area contributed by atoms with Crippen LogP contribution >= 0.6 is 11.3 Å². The summed E-state index contributed by atoms with van der Waals surface area (Å²) >= 11 is 1.64. The highest BCUT2D eigenvalue weighted by Crippen LogP contribution is 2.25. The number of para-hydroxylation sites is 1. The number of sulfonamides is 1. The van der Waals surface area contributed by atoms with Gasteiger partial charge < -0.3 is 5.32 Å². The molecule has 1 amide bonds. The Morgan fingerprint density at radius 1 is 1.22 bits per heavy atom. The number of pyridine rings is 1. The Labute approximate surface area is 190 Å². The summed E-state index contributed by atoms with van der Waals surface area (Å²) in [5, 5.41) is 10.1. The predicted molar refractivity (Wildman–Crippen MR) is 126 cm³/mol. The van der Waals surface area contributed by atoms with Gasteiger partial charge in [-0.25, -0.2) is 18.1 Å². The van der Waals surface area contributed by atoms with Crippen LogP contribution in [0.1, 0.15) is 39.5 Å². The Morgan fingerprint density at radius 3 is 2.72 bits per heavy atom. The van der Waals surface area contributed by atoms with Gasteiger partial charge in [0, 0.05) is 10.6 Å².